The predicted octanol–water partition coefficient (Wildman–Crippen LogP) is 1.62. The number of hydrogen-bond donors (Lipinski definition) is 1. The number of rotatable bonds is 2. The molecule has 5 nitrogen and oxygen atoms in total. The number of benzene rings is 1. The van der Waals surface area contributed by atoms with E-state index in [0.29, 0.717) is 17.1 Å². The first-order chi connectivity index (χ1) is 9.50. The van der Waals surface area contributed by atoms with Gasteiger partial charge in [-0.25, -0.2) is 0 Å². The maximum Gasteiger partial charge on any atom is 0.258 e. The number of anilines is 1. The molecule has 1 fully saturated rings. The van der Waals surface area contributed by atoms with Crippen LogP contribution in [0, 0.1) is 0 Å². The van der Waals surface area contributed by atoms with Gasteiger partial charge < -0.3 is 15.2 Å². The number of pyridine rings is 1. The zero-order valence-corrected chi connectivity index (χ0v) is 11.6. The standard InChI is InChI=1S/C15H17N3O2/c1-17(2)15(20)10-8-18(9-6-7-9)12-5-3-4-11(16)13(12)14(10)19/h3-5,8-9H,6-7,16H2,1-2H3. The summed E-state index contributed by atoms with van der Waals surface area (Å²) >= 11 is 0. The minimum atomic E-state index is -0.284. The van der Waals surface area contributed by atoms with Gasteiger partial charge in [0.15, 0.2) is 0 Å². The molecular formula is C15H17N3O2. The van der Waals surface area contributed by atoms with Crippen LogP contribution in [0.4, 0.5) is 5.69 Å². The van der Waals surface area contributed by atoms with Crippen LogP contribution in [-0.2, 0) is 0 Å². The van der Waals surface area contributed by atoms with Crippen LogP contribution in [0.5, 0.6) is 0 Å². The van der Waals surface area contributed by atoms with Crippen LogP contribution in [0.25, 0.3) is 10.9 Å². The Hall–Kier alpha value is -2.30. The highest BCUT2D eigenvalue weighted by Gasteiger charge is 2.27. The van der Waals surface area contributed by atoms with Gasteiger partial charge in [-0.15, -0.1) is 0 Å². The van der Waals surface area contributed by atoms with E-state index in [0.717, 1.165) is 18.4 Å². The topological polar surface area (TPSA) is 68.3 Å². The number of amides is 1. The second kappa shape index (κ2) is 4.37. The normalized spacial score (nSPS) is 14.5. The van der Waals surface area contributed by atoms with E-state index in [9.17, 15) is 9.59 Å². The average molecular weight is 271 g/mol. The first-order valence-electron chi connectivity index (χ1n) is 6.65. The third kappa shape index (κ3) is 1.86. The number of nitrogens with zero attached hydrogens (tertiary/aromatic N) is 2. The summed E-state index contributed by atoms with van der Waals surface area (Å²) < 4.78 is 2.02. The van der Waals surface area contributed by atoms with Crippen molar-refractivity contribution in [1.29, 1.82) is 0 Å². The molecule has 0 unspecified atom stereocenters. The van der Waals surface area contributed by atoms with Gasteiger partial charge in [-0.1, -0.05) is 6.07 Å². The molecule has 0 aliphatic heterocycles. The molecule has 2 aromatic rings. The van der Waals surface area contributed by atoms with Crippen molar-refractivity contribution in [1.82, 2.24) is 9.47 Å². The summed E-state index contributed by atoms with van der Waals surface area (Å²) in [5, 5.41) is 0.451. The van der Waals surface area contributed by atoms with E-state index >= 15 is 0 Å². The Bertz CT molecular complexity index is 758. The van der Waals surface area contributed by atoms with E-state index in [-0.39, 0.29) is 16.9 Å². The van der Waals surface area contributed by atoms with Gasteiger partial charge in [0.25, 0.3) is 5.91 Å². The number of nitrogen functional groups attached to an aromatic ring is 1. The minimum Gasteiger partial charge on any atom is -0.398 e. The number of aromatic nitrogens is 1. The van der Waals surface area contributed by atoms with Crippen LogP contribution in [-0.4, -0.2) is 29.5 Å². The van der Waals surface area contributed by atoms with Crippen molar-refractivity contribution in [2.75, 3.05) is 19.8 Å². The van der Waals surface area contributed by atoms with Gasteiger partial charge in [0.05, 0.1) is 10.9 Å². The number of hydrogen-bond acceptors (Lipinski definition) is 3. The molecule has 20 heavy (non-hydrogen) atoms. The summed E-state index contributed by atoms with van der Waals surface area (Å²) in [5.74, 6) is -0.283. The van der Waals surface area contributed by atoms with Gasteiger partial charge in [0, 0.05) is 32.0 Å². The summed E-state index contributed by atoms with van der Waals surface area (Å²) in [6.45, 7) is 0. The van der Waals surface area contributed by atoms with Crippen molar-refractivity contribution < 1.29 is 4.79 Å². The minimum absolute atomic E-state index is 0.187. The Morgan fingerprint density at radius 3 is 2.65 bits per heavy atom. The molecule has 5 heteroatoms. The lowest BCUT2D eigenvalue weighted by molar-refractivity contribution is 0.0826. The van der Waals surface area contributed by atoms with Crippen LogP contribution >= 0.6 is 0 Å². The molecule has 1 aromatic carbocycles. The van der Waals surface area contributed by atoms with Crippen LogP contribution < -0.4 is 11.2 Å². The fourth-order valence-electron chi connectivity index (χ4n) is 2.47. The Morgan fingerprint density at radius 1 is 1.35 bits per heavy atom. The van der Waals surface area contributed by atoms with Gasteiger partial charge >= 0.3 is 0 Å². The van der Waals surface area contributed by atoms with Gasteiger partial charge in [-0.3, -0.25) is 9.59 Å². The third-order valence-corrected chi connectivity index (χ3v) is 3.67. The van der Waals surface area contributed by atoms with Crippen LogP contribution in [0.2, 0.25) is 0 Å². The highest BCUT2D eigenvalue weighted by molar-refractivity contribution is 6.00. The first kappa shape index (κ1) is 12.7. The number of nitrogens with two attached hydrogens (primary N) is 1. The monoisotopic (exact) mass is 271 g/mol. The van der Waals surface area contributed by atoms with Crippen molar-refractivity contribution in [3.63, 3.8) is 0 Å². The Kier molecular flexibility index (Phi) is 2.78. The lowest BCUT2D eigenvalue weighted by atomic mass is 10.1. The fourth-order valence-corrected chi connectivity index (χ4v) is 2.47. The molecule has 1 saturated carbocycles. The molecule has 1 aliphatic carbocycles. The zero-order chi connectivity index (χ0) is 14.4. The maximum atomic E-state index is 12.5. The lowest BCUT2D eigenvalue weighted by Crippen LogP contribution is -2.29. The molecule has 2 N–H and O–H groups in total. The molecule has 1 aliphatic rings. The number of carbonyl (C=O) groups excluding carboxylic acids is 1. The molecule has 0 radical (unpaired) electrons. The molecule has 1 amide bonds. The summed E-state index contributed by atoms with van der Waals surface area (Å²) in [7, 11) is 3.28. The summed E-state index contributed by atoms with van der Waals surface area (Å²) in [6, 6.07) is 5.79. The van der Waals surface area contributed by atoms with E-state index < -0.39 is 0 Å². The van der Waals surface area contributed by atoms with E-state index in [1.807, 2.05) is 16.7 Å². The predicted molar refractivity (Wildman–Crippen MR) is 78.9 cm³/mol. The zero-order valence-electron chi connectivity index (χ0n) is 11.6. The SMILES string of the molecule is CN(C)C(=O)c1cn(C2CC2)c2cccc(N)c2c1=O. The molecule has 0 bridgehead atoms. The average Bonchev–Trinajstić information content (AvgIpc) is 3.22. The quantitative estimate of drug-likeness (QED) is 0.844. The molecule has 104 valence electrons. The lowest BCUT2D eigenvalue weighted by Gasteiger charge is -2.15. The van der Waals surface area contributed by atoms with Crippen LogP contribution in [0.1, 0.15) is 29.2 Å². The summed E-state index contributed by atoms with van der Waals surface area (Å²) in [6.07, 6.45) is 3.83. The van der Waals surface area contributed by atoms with E-state index in [4.69, 9.17) is 5.73 Å². The summed E-state index contributed by atoms with van der Waals surface area (Å²) in [5.41, 5.74) is 7.10. The Labute approximate surface area is 116 Å². The van der Waals surface area contributed by atoms with Gasteiger partial charge in [0.2, 0.25) is 5.43 Å². The largest absolute Gasteiger partial charge is 0.398 e. The van der Waals surface area contributed by atoms with E-state index in [1.54, 1.807) is 26.4 Å². The number of fused-ring (bicyclic) bond motifs is 1. The highest BCUT2D eigenvalue weighted by Crippen LogP contribution is 2.37. The maximum absolute atomic E-state index is 12.5. The fraction of sp³-hybridized carbons (Fsp3) is 0.333. The van der Waals surface area contributed by atoms with Crippen molar-refractivity contribution >= 4 is 22.5 Å². The van der Waals surface area contributed by atoms with Gasteiger partial charge in [-0.2, -0.15) is 0 Å². The molecule has 0 atom stereocenters. The molecule has 0 spiro atoms. The van der Waals surface area contributed by atoms with Crippen LogP contribution in [0.15, 0.2) is 29.2 Å². The van der Waals surface area contributed by atoms with Gasteiger partial charge in [-0.05, 0) is 25.0 Å². The second-order valence-corrected chi connectivity index (χ2v) is 5.45. The Morgan fingerprint density at radius 2 is 2.05 bits per heavy atom. The van der Waals surface area contributed by atoms with Gasteiger partial charge in [0.1, 0.15) is 5.56 Å². The second-order valence-electron chi connectivity index (χ2n) is 5.45. The molecule has 1 aromatic heterocycles. The van der Waals surface area contributed by atoms with Crippen molar-refractivity contribution in [2.45, 2.75) is 18.9 Å². The van der Waals surface area contributed by atoms with Crippen molar-refractivity contribution in [3.8, 4) is 0 Å². The molecule has 0 saturated heterocycles. The van der Waals surface area contributed by atoms with E-state index in [2.05, 4.69) is 0 Å². The van der Waals surface area contributed by atoms with Crippen LogP contribution in [0.3, 0.4) is 0 Å². The summed E-state index contributed by atoms with van der Waals surface area (Å²) in [4.78, 5) is 26.2. The van der Waals surface area contributed by atoms with E-state index in [1.165, 1.54) is 4.90 Å². The van der Waals surface area contributed by atoms with Crippen molar-refractivity contribution in [2.24, 2.45) is 0 Å². The molecular weight excluding hydrogens is 254 g/mol. The highest BCUT2D eigenvalue weighted by atomic mass is 16.2. The molecule has 3 rings (SSSR count). The first-order valence-corrected chi connectivity index (χ1v) is 6.65. The molecule has 1 heterocycles. The number of carbonyl (C=O) groups is 1. The third-order valence-electron chi connectivity index (χ3n) is 3.67. The smallest absolute Gasteiger partial charge is 0.258 e. The van der Waals surface area contributed by atoms with Crippen molar-refractivity contribution in [3.05, 3.63) is 40.2 Å². The Balaban J connectivity index is 2.38.